The number of ether oxygens (including phenoxy) is 3. The van der Waals surface area contributed by atoms with Gasteiger partial charge in [0.25, 0.3) is 0 Å². The molecule has 0 aliphatic heterocycles. The van der Waals surface area contributed by atoms with Crippen LogP contribution in [-0.2, 0) is 28.6 Å². The first-order valence-electron chi connectivity index (χ1n) is 27.5. The Labute approximate surface area is 412 Å². The van der Waals surface area contributed by atoms with E-state index in [1.54, 1.807) is 21.1 Å². The third-order valence-electron chi connectivity index (χ3n) is 12.1. The van der Waals surface area contributed by atoms with Gasteiger partial charge in [0.1, 0.15) is 12.6 Å². The third-order valence-corrected chi connectivity index (χ3v) is 12.1. The highest BCUT2D eigenvalue weighted by Gasteiger charge is 2.25. The topological polar surface area (TPSA) is 102 Å². The summed E-state index contributed by atoms with van der Waals surface area (Å²) in [7, 11) is 5.41. The molecular formula is C59H103NO7. The van der Waals surface area contributed by atoms with Crippen molar-refractivity contribution < 1.29 is 38.2 Å². The van der Waals surface area contributed by atoms with Gasteiger partial charge in [-0.3, -0.25) is 9.59 Å². The van der Waals surface area contributed by atoms with Gasteiger partial charge in [-0.25, -0.2) is 0 Å². The standard InChI is InChI=1S/C59H103NO7/c1-6-8-10-12-14-16-18-20-22-24-26-28-29-30-32-34-36-38-40-42-44-46-48-50-58(62)67-55(53-65-52-51-56(59(63)64)60(3,4)5)54-66-57(61)49-47-45-43-41-39-37-35-33-31-27-25-23-21-19-17-15-13-11-9-7-2/h8,10,14,16,20,22,26-28,30-32,55-56H,6-7,9,11-13,15,17-19,21,23-25,29,33-54H2,1-5H3/b10-8+,16-14+,22-20+,28-26+,31-27+,32-30+. The molecule has 0 saturated carbocycles. The summed E-state index contributed by atoms with van der Waals surface area (Å²) in [6.45, 7) is 4.55. The largest absolute Gasteiger partial charge is 0.544 e. The van der Waals surface area contributed by atoms with Crippen LogP contribution in [0.1, 0.15) is 232 Å². The Morgan fingerprint density at radius 2 is 0.836 bits per heavy atom. The number of likely N-dealkylation sites (N-methyl/N-ethyl adjacent to an activating group) is 1. The number of aliphatic carboxylic acids is 1. The lowest BCUT2D eigenvalue weighted by Gasteiger charge is -2.34. The van der Waals surface area contributed by atoms with Crippen LogP contribution in [0.25, 0.3) is 0 Å². The minimum Gasteiger partial charge on any atom is -0.544 e. The number of quaternary nitrogens is 1. The molecule has 8 nitrogen and oxygen atoms in total. The minimum absolute atomic E-state index is 0.0324. The minimum atomic E-state index is -1.13. The van der Waals surface area contributed by atoms with Gasteiger partial charge >= 0.3 is 11.9 Å². The maximum atomic E-state index is 12.8. The molecule has 0 N–H and O–H groups in total. The van der Waals surface area contributed by atoms with Crippen LogP contribution in [0, 0.1) is 0 Å². The molecular weight excluding hydrogens is 835 g/mol. The predicted octanol–water partition coefficient (Wildman–Crippen LogP) is 14.9. The van der Waals surface area contributed by atoms with E-state index in [9.17, 15) is 19.5 Å². The molecule has 0 fully saturated rings. The highest BCUT2D eigenvalue weighted by Crippen LogP contribution is 2.15. The van der Waals surface area contributed by atoms with Gasteiger partial charge < -0.3 is 28.6 Å². The molecule has 0 amide bonds. The molecule has 0 radical (unpaired) electrons. The van der Waals surface area contributed by atoms with Crippen molar-refractivity contribution in [3.63, 3.8) is 0 Å². The van der Waals surface area contributed by atoms with Crippen LogP contribution in [0.5, 0.6) is 0 Å². The van der Waals surface area contributed by atoms with E-state index in [0.29, 0.717) is 12.8 Å². The normalized spacial score (nSPS) is 13.4. The number of carbonyl (C=O) groups is 3. The molecule has 67 heavy (non-hydrogen) atoms. The second-order valence-electron chi connectivity index (χ2n) is 19.4. The summed E-state index contributed by atoms with van der Waals surface area (Å²) in [6.07, 6.45) is 63.6. The summed E-state index contributed by atoms with van der Waals surface area (Å²) >= 11 is 0. The molecule has 0 heterocycles. The van der Waals surface area contributed by atoms with Crippen molar-refractivity contribution in [2.75, 3.05) is 41.0 Å². The van der Waals surface area contributed by atoms with Crippen LogP contribution in [0.3, 0.4) is 0 Å². The first-order chi connectivity index (χ1) is 32.6. The molecule has 0 aromatic carbocycles. The summed E-state index contributed by atoms with van der Waals surface area (Å²) in [6, 6.07) is -0.732. The van der Waals surface area contributed by atoms with Crippen LogP contribution >= 0.6 is 0 Å². The van der Waals surface area contributed by atoms with Gasteiger partial charge in [0, 0.05) is 19.3 Å². The summed E-state index contributed by atoms with van der Waals surface area (Å²) < 4.78 is 17.3. The zero-order chi connectivity index (χ0) is 49.2. The number of carboxylic acid groups (broad SMARTS) is 1. The lowest BCUT2D eigenvalue weighted by atomic mass is 10.1. The van der Waals surface area contributed by atoms with Crippen molar-refractivity contribution in [2.24, 2.45) is 0 Å². The van der Waals surface area contributed by atoms with Gasteiger partial charge in [0.2, 0.25) is 0 Å². The number of esters is 2. The Morgan fingerprint density at radius 3 is 1.25 bits per heavy atom. The summed E-state index contributed by atoms with van der Waals surface area (Å²) in [5.74, 6) is -1.75. The zero-order valence-corrected chi connectivity index (χ0v) is 44.1. The highest BCUT2D eigenvalue weighted by atomic mass is 16.6. The molecule has 0 saturated heterocycles. The molecule has 0 aliphatic rings. The van der Waals surface area contributed by atoms with Gasteiger partial charge in [-0.1, -0.05) is 202 Å². The second kappa shape index (κ2) is 49.2. The number of carbonyl (C=O) groups excluding carboxylic acids is 3. The fourth-order valence-corrected chi connectivity index (χ4v) is 7.86. The lowest BCUT2D eigenvalue weighted by Crippen LogP contribution is -2.55. The van der Waals surface area contributed by atoms with Gasteiger partial charge in [0.15, 0.2) is 6.10 Å². The van der Waals surface area contributed by atoms with Crippen LogP contribution < -0.4 is 5.11 Å². The van der Waals surface area contributed by atoms with Crippen molar-refractivity contribution in [3.8, 4) is 0 Å². The Balaban J connectivity index is 4.25. The molecule has 0 aromatic rings. The highest BCUT2D eigenvalue weighted by molar-refractivity contribution is 5.70. The summed E-state index contributed by atoms with van der Waals surface area (Å²) in [5.41, 5.74) is 0. The Kier molecular flexibility index (Phi) is 46.8. The number of unbranched alkanes of at least 4 members (excludes halogenated alkanes) is 23. The van der Waals surface area contributed by atoms with Crippen LogP contribution in [0.4, 0.5) is 0 Å². The van der Waals surface area contributed by atoms with Crippen molar-refractivity contribution in [1.29, 1.82) is 0 Å². The summed E-state index contributed by atoms with van der Waals surface area (Å²) in [5, 5.41) is 11.7. The number of rotatable bonds is 49. The fourth-order valence-electron chi connectivity index (χ4n) is 7.86. The maximum Gasteiger partial charge on any atom is 0.306 e. The van der Waals surface area contributed by atoms with Crippen molar-refractivity contribution in [1.82, 2.24) is 0 Å². The maximum absolute atomic E-state index is 12.8. The SMILES string of the molecule is CC/C=C/C/C=C/C/C=C/C/C=C/C/C=C/CCCCCCCCCC(=O)OC(COCCC(C(=O)[O-])[N+](C)(C)C)COC(=O)CCCCCCCCC/C=C/CCCCCCCCCCC. The van der Waals surface area contributed by atoms with E-state index < -0.39 is 18.1 Å². The van der Waals surface area contributed by atoms with Gasteiger partial charge in [-0.15, -0.1) is 0 Å². The Bertz CT molecular complexity index is 1320. The molecule has 0 bridgehead atoms. The molecule has 0 spiro atoms. The van der Waals surface area contributed by atoms with Gasteiger partial charge in [0.05, 0.1) is 40.3 Å². The van der Waals surface area contributed by atoms with E-state index in [0.717, 1.165) is 83.5 Å². The van der Waals surface area contributed by atoms with E-state index in [1.807, 2.05) is 0 Å². The van der Waals surface area contributed by atoms with E-state index in [1.165, 1.54) is 116 Å². The molecule has 0 rings (SSSR count). The number of carboxylic acids is 1. The van der Waals surface area contributed by atoms with Crippen LogP contribution in [-0.4, -0.2) is 75.5 Å². The molecule has 8 heteroatoms. The molecule has 2 unspecified atom stereocenters. The lowest BCUT2D eigenvalue weighted by molar-refractivity contribution is -0.889. The average molecular weight is 938 g/mol. The fraction of sp³-hybridized carbons (Fsp3) is 0.746. The monoisotopic (exact) mass is 938 g/mol. The predicted molar refractivity (Wildman–Crippen MR) is 282 cm³/mol. The summed E-state index contributed by atoms with van der Waals surface area (Å²) in [4.78, 5) is 37.1. The zero-order valence-electron chi connectivity index (χ0n) is 44.1. The molecule has 386 valence electrons. The number of hydrogen-bond donors (Lipinski definition) is 0. The first kappa shape index (κ1) is 63.8. The van der Waals surface area contributed by atoms with E-state index in [2.05, 4.69) is 86.8 Å². The quantitative estimate of drug-likeness (QED) is 0.0259. The van der Waals surface area contributed by atoms with E-state index in [-0.39, 0.29) is 42.7 Å². The van der Waals surface area contributed by atoms with Crippen LogP contribution in [0.2, 0.25) is 0 Å². The average Bonchev–Trinajstić information content (AvgIpc) is 3.29. The van der Waals surface area contributed by atoms with Crippen molar-refractivity contribution in [3.05, 3.63) is 72.9 Å². The number of allylic oxidation sites excluding steroid dienone is 12. The molecule has 0 aliphatic carbocycles. The van der Waals surface area contributed by atoms with Crippen LogP contribution in [0.15, 0.2) is 72.9 Å². The number of nitrogens with zero attached hydrogens (tertiary/aromatic N) is 1. The van der Waals surface area contributed by atoms with E-state index >= 15 is 0 Å². The van der Waals surface area contributed by atoms with Gasteiger partial charge in [-0.05, 0) is 83.5 Å². The van der Waals surface area contributed by atoms with Crippen molar-refractivity contribution >= 4 is 17.9 Å². The van der Waals surface area contributed by atoms with Crippen molar-refractivity contribution in [2.45, 2.75) is 244 Å². The molecule has 0 aromatic heterocycles. The third kappa shape index (κ3) is 47.6. The number of hydrogen-bond acceptors (Lipinski definition) is 7. The molecule has 2 atom stereocenters. The Hall–Kier alpha value is -3.23. The first-order valence-corrected chi connectivity index (χ1v) is 27.5. The Morgan fingerprint density at radius 1 is 0.463 bits per heavy atom. The van der Waals surface area contributed by atoms with E-state index in [4.69, 9.17) is 14.2 Å². The van der Waals surface area contributed by atoms with Gasteiger partial charge in [-0.2, -0.15) is 0 Å². The smallest absolute Gasteiger partial charge is 0.306 e. The second-order valence-corrected chi connectivity index (χ2v) is 19.4.